The van der Waals surface area contributed by atoms with Gasteiger partial charge in [0.05, 0.1) is 24.7 Å². The number of hydrogen-bond donors (Lipinski definition) is 2. The molecule has 0 aromatic heterocycles. The van der Waals surface area contributed by atoms with Gasteiger partial charge in [0, 0.05) is 44.9 Å². The Labute approximate surface area is 214 Å². The van der Waals surface area contributed by atoms with Gasteiger partial charge in [-0.05, 0) is 50.4 Å². The van der Waals surface area contributed by atoms with Crippen LogP contribution in [0.2, 0.25) is 0 Å². The quantitative estimate of drug-likeness (QED) is 0.111. The normalized spacial score (nSPS) is 18.5. The monoisotopic (exact) mass is 574 g/mol. The van der Waals surface area contributed by atoms with Crippen LogP contribution in [0.4, 0.5) is 5.69 Å². The molecular weight excluding hydrogens is 535 g/mol. The van der Waals surface area contributed by atoms with Crippen LogP contribution < -0.4 is 10.6 Å². The average molecular weight is 575 g/mol. The molecule has 0 aliphatic carbocycles. The maximum Gasteiger partial charge on any atom is 0.269 e. The van der Waals surface area contributed by atoms with E-state index in [-0.39, 0.29) is 34.6 Å². The maximum absolute atomic E-state index is 10.8. The zero-order valence-corrected chi connectivity index (χ0v) is 22.0. The highest BCUT2D eigenvalue weighted by Gasteiger charge is 2.15. The molecule has 2 fully saturated rings. The number of nitro groups is 1. The van der Waals surface area contributed by atoms with Gasteiger partial charge in [0.15, 0.2) is 5.96 Å². The van der Waals surface area contributed by atoms with Crippen LogP contribution in [-0.2, 0) is 11.3 Å². The third kappa shape index (κ3) is 10.5. The molecule has 9 nitrogen and oxygen atoms in total. The zero-order chi connectivity index (χ0) is 22.6. The maximum atomic E-state index is 10.8. The molecule has 186 valence electrons. The third-order valence-corrected chi connectivity index (χ3v) is 6.21. The predicted molar refractivity (Wildman–Crippen MR) is 142 cm³/mol. The number of nitrogens with one attached hydrogen (secondary N) is 2. The van der Waals surface area contributed by atoms with Crippen LogP contribution in [0.3, 0.4) is 0 Å². The van der Waals surface area contributed by atoms with E-state index in [1.807, 2.05) is 0 Å². The van der Waals surface area contributed by atoms with E-state index in [0.717, 1.165) is 76.3 Å². The Morgan fingerprint density at radius 3 is 2.36 bits per heavy atom. The Hall–Kier alpha value is -1.50. The molecule has 2 aliphatic heterocycles. The van der Waals surface area contributed by atoms with Crippen LogP contribution in [0.15, 0.2) is 29.3 Å². The Morgan fingerprint density at radius 2 is 1.70 bits per heavy atom. The lowest BCUT2D eigenvalue weighted by atomic mass is 9.99. The van der Waals surface area contributed by atoms with Crippen LogP contribution in [-0.4, -0.2) is 86.3 Å². The molecular formula is C23H39IN6O3. The first-order valence-corrected chi connectivity index (χ1v) is 11.9. The van der Waals surface area contributed by atoms with E-state index in [9.17, 15) is 10.1 Å². The molecule has 2 aliphatic rings. The number of ether oxygens (including phenoxy) is 1. The van der Waals surface area contributed by atoms with Gasteiger partial charge < -0.3 is 20.3 Å². The highest BCUT2D eigenvalue weighted by Crippen LogP contribution is 2.15. The number of aliphatic imine (C=N–C) groups is 1. The Kier molecular flexibility index (Phi) is 13.0. The number of hydrogen-bond acceptors (Lipinski definition) is 6. The van der Waals surface area contributed by atoms with Gasteiger partial charge in [-0.2, -0.15) is 0 Å². The zero-order valence-electron chi connectivity index (χ0n) is 19.7. The van der Waals surface area contributed by atoms with Crippen molar-refractivity contribution in [1.29, 1.82) is 0 Å². The van der Waals surface area contributed by atoms with Gasteiger partial charge >= 0.3 is 0 Å². The van der Waals surface area contributed by atoms with Crippen LogP contribution >= 0.6 is 24.0 Å². The van der Waals surface area contributed by atoms with Crippen molar-refractivity contribution in [3.63, 3.8) is 0 Å². The largest absolute Gasteiger partial charge is 0.379 e. The Balaban J connectivity index is 0.00000385. The van der Waals surface area contributed by atoms with Crippen molar-refractivity contribution in [3.05, 3.63) is 39.9 Å². The van der Waals surface area contributed by atoms with Crippen LogP contribution in [0.25, 0.3) is 0 Å². The van der Waals surface area contributed by atoms with Crippen LogP contribution in [0, 0.1) is 16.0 Å². The molecule has 2 saturated heterocycles. The number of piperidine rings is 1. The smallest absolute Gasteiger partial charge is 0.269 e. The third-order valence-electron chi connectivity index (χ3n) is 6.21. The summed E-state index contributed by atoms with van der Waals surface area (Å²) >= 11 is 0. The summed E-state index contributed by atoms with van der Waals surface area (Å²) in [5, 5.41) is 17.8. The van der Waals surface area contributed by atoms with E-state index in [4.69, 9.17) is 9.73 Å². The molecule has 0 amide bonds. The van der Waals surface area contributed by atoms with Gasteiger partial charge in [0.2, 0.25) is 0 Å². The topological polar surface area (TPSA) is 95.3 Å². The second-order valence-electron chi connectivity index (χ2n) is 8.77. The number of rotatable bonds is 10. The molecule has 33 heavy (non-hydrogen) atoms. The number of halogens is 1. The van der Waals surface area contributed by atoms with Crippen LogP contribution in [0.5, 0.6) is 0 Å². The number of guanidine groups is 1. The van der Waals surface area contributed by atoms with Crippen LogP contribution in [0.1, 0.15) is 31.7 Å². The molecule has 0 radical (unpaired) electrons. The summed E-state index contributed by atoms with van der Waals surface area (Å²) in [5.74, 6) is 1.65. The number of nitro benzene ring substituents is 1. The van der Waals surface area contributed by atoms with E-state index in [2.05, 4.69) is 27.4 Å². The fraction of sp³-hybridized carbons (Fsp3) is 0.696. The summed E-state index contributed by atoms with van der Waals surface area (Å²) in [6, 6.07) is 6.60. The first kappa shape index (κ1) is 27.7. The summed E-state index contributed by atoms with van der Waals surface area (Å²) in [6.45, 7) is 12.5. The lowest BCUT2D eigenvalue weighted by molar-refractivity contribution is -0.384. The molecule has 0 unspecified atom stereocenters. The predicted octanol–water partition coefficient (Wildman–Crippen LogP) is 2.70. The molecule has 3 rings (SSSR count). The molecule has 1 aromatic rings. The van der Waals surface area contributed by atoms with Crippen molar-refractivity contribution >= 4 is 35.6 Å². The second kappa shape index (κ2) is 15.4. The number of nitrogens with zero attached hydrogens (tertiary/aromatic N) is 4. The molecule has 10 heteroatoms. The molecule has 0 spiro atoms. The number of morpholine rings is 1. The Morgan fingerprint density at radius 1 is 1.06 bits per heavy atom. The highest BCUT2D eigenvalue weighted by molar-refractivity contribution is 14.0. The highest BCUT2D eigenvalue weighted by atomic mass is 127. The molecule has 0 saturated carbocycles. The van der Waals surface area contributed by atoms with Gasteiger partial charge in [0.1, 0.15) is 0 Å². The molecule has 0 atom stereocenters. The average Bonchev–Trinajstić information content (AvgIpc) is 2.82. The van der Waals surface area contributed by atoms with E-state index < -0.39 is 0 Å². The molecule has 1 aromatic carbocycles. The van der Waals surface area contributed by atoms with Gasteiger partial charge in [-0.15, -0.1) is 24.0 Å². The minimum atomic E-state index is -0.379. The second-order valence-corrected chi connectivity index (χ2v) is 8.77. The fourth-order valence-electron chi connectivity index (χ4n) is 4.02. The number of benzene rings is 1. The van der Waals surface area contributed by atoms with E-state index in [0.29, 0.717) is 6.54 Å². The van der Waals surface area contributed by atoms with Crippen molar-refractivity contribution in [2.75, 3.05) is 65.6 Å². The van der Waals surface area contributed by atoms with E-state index in [1.54, 1.807) is 12.1 Å². The SMILES string of the molecule is CC1CCN(CCCNC(=NCc2ccc([N+](=O)[O-])cc2)NCCN2CCOCC2)CC1.I. The summed E-state index contributed by atoms with van der Waals surface area (Å²) < 4.78 is 5.41. The van der Waals surface area contributed by atoms with Gasteiger partial charge in [-0.25, -0.2) is 4.99 Å². The van der Waals surface area contributed by atoms with E-state index >= 15 is 0 Å². The summed E-state index contributed by atoms with van der Waals surface area (Å²) in [5.41, 5.74) is 1.05. The first-order valence-electron chi connectivity index (χ1n) is 11.9. The minimum Gasteiger partial charge on any atom is -0.379 e. The minimum absolute atomic E-state index is 0. The van der Waals surface area contributed by atoms with Crippen molar-refractivity contribution in [1.82, 2.24) is 20.4 Å². The van der Waals surface area contributed by atoms with Gasteiger partial charge in [-0.1, -0.05) is 19.1 Å². The van der Waals surface area contributed by atoms with Gasteiger partial charge in [-0.3, -0.25) is 15.0 Å². The molecule has 0 bridgehead atoms. The summed E-state index contributed by atoms with van der Waals surface area (Å²) in [7, 11) is 0. The lowest BCUT2D eigenvalue weighted by Gasteiger charge is -2.30. The van der Waals surface area contributed by atoms with Crippen molar-refractivity contribution in [3.8, 4) is 0 Å². The van der Waals surface area contributed by atoms with Gasteiger partial charge in [0.25, 0.3) is 5.69 Å². The standard InChI is InChI=1S/C23H38N6O3.HI/c1-20-7-12-27(13-8-20)11-2-9-24-23(25-10-14-28-15-17-32-18-16-28)26-19-21-3-5-22(6-4-21)29(30)31;/h3-6,20H,2,7-19H2,1H3,(H2,24,25,26);1H. The van der Waals surface area contributed by atoms with Crippen molar-refractivity contribution in [2.24, 2.45) is 10.9 Å². The molecule has 2 heterocycles. The first-order chi connectivity index (χ1) is 15.6. The summed E-state index contributed by atoms with van der Waals surface area (Å²) in [4.78, 5) is 20.1. The van der Waals surface area contributed by atoms with E-state index in [1.165, 1.54) is 38.1 Å². The number of likely N-dealkylation sites (tertiary alicyclic amines) is 1. The Bertz CT molecular complexity index is 719. The lowest BCUT2D eigenvalue weighted by Crippen LogP contribution is -2.45. The van der Waals surface area contributed by atoms with Crippen molar-refractivity contribution in [2.45, 2.75) is 32.7 Å². The fourth-order valence-corrected chi connectivity index (χ4v) is 4.02. The summed E-state index contributed by atoms with van der Waals surface area (Å²) in [6.07, 6.45) is 3.69. The molecule has 2 N–H and O–H groups in total. The number of non-ortho nitro benzene ring substituents is 1. The van der Waals surface area contributed by atoms with Crippen molar-refractivity contribution < 1.29 is 9.66 Å².